The lowest BCUT2D eigenvalue weighted by atomic mass is 10.0. The molecule has 0 spiro atoms. The van der Waals surface area contributed by atoms with Crippen molar-refractivity contribution < 1.29 is 22.7 Å². The van der Waals surface area contributed by atoms with Crippen LogP contribution in [0, 0.1) is 5.92 Å². The van der Waals surface area contributed by atoms with E-state index in [-0.39, 0.29) is 24.1 Å². The van der Waals surface area contributed by atoms with Gasteiger partial charge in [0.15, 0.2) is 0 Å². The van der Waals surface area contributed by atoms with Crippen LogP contribution in [0.3, 0.4) is 0 Å². The van der Waals surface area contributed by atoms with E-state index in [4.69, 9.17) is 14.6 Å². The normalized spacial score (nSPS) is 15.5. The molecule has 0 atom stereocenters. The molecule has 1 aromatic carbocycles. The summed E-state index contributed by atoms with van der Waals surface area (Å²) in [4.78, 5) is 11.6. The van der Waals surface area contributed by atoms with Gasteiger partial charge in [-0.15, -0.1) is 0 Å². The van der Waals surface area contributed by atoms with Crippen molar-refractivity contribution in [2.45, 2.75) is 43.4 Å². The van der Waals surface area contributed by atoms with Gasteiger partial charge in [-0.3, -0.25) is 4.79 Å². The Kier molecular flexibility index (Phi) is 6.41. The second-order valence-electron chi connectivity index (χ2n) is 5.77. The van der Waals surface area contributed by atoms with Crippen LogP contribution in [0.25, 0.3) is 0 Å². The van der Waals surface area contributed by atoms with Crippen molar-refractivity contribution in [1.29, 1.82) is 0 Å². The predicted molar refractivity (Wildman–Crippen MR) is 85.5 cm³/mol. The number of carbonyl (C=O) groups is 1. The zero-order valence-electron chi connectivity index (χ0n) is 13.1. The summed E-state index contributed by atoms with van der Waals surface area (Å²) < 4.78 is 32.7. The summed E-state index contributed by atoms with van der Waals surface area (Å²) in [5.41, 5.74) is 0. The molecule has 0 heterocycles. The zero-order chi connectivity index (χ0) is 16.7. The molecule has 0 radical (unpaired) electrons. The molecule has 7 heteroatoms. The third-order valence-electron chi connectivity index (χ3n) is 4.00. The van der Waals surface area contributed by atoms with Gasteiger partial charge in [0.05, 0.1) is 4.90 Å². The first-order chi connectivity index (χ1) is 10.9. The van der Waals surface area contributed by atoms with Gasteiger partial charge >= 0.3 is 5.97 Å². The SMILES string of the molecule is NS(=O)(=O)c1ccc(OCCOC(=O)CCC2CCCC2)cc1. The Balaban J connectivity index is 1.62. The number of sulfonamides is 1. The van der Waals surface area contributed by atoms with Crippen molar-refractivity contribution >= 4 is 16.0 Å². The van der Waals surface area contributed by atoms with Gasteiger partial charge in [-0.05, 0) is 36.6 Å². The molecule has 1 aliphatic rings. The molecule has 128 valence electrons. The van der Waals surface area contributed by atoms with Gasteiger partial charge in [0.1, 0.15) is 19.0 Å². The monoisotopic (exact) mass is 341 g/mol. The van der Waals surface area contributed by atoms with Crippen molar-refractivity contribution in [2.75, 3.05) is 13.2 Å². The van der Waals surface area contributed by atoms with Gasteiger partial charge in [-0.25, -0.2) is 13.6 Å². The number of nitrogens with two attached hydrogens (primary N) is 1. The lowest BCUT2D eigenvalue weighted by molar-refractivity contribution is -0.144. The predicted octanol–water partition coefficient (Wildman–Crippen LogP) is 2.23. The molecule has 0 bridgehead atoms. The van der Waals surface area contributed by atoms with E-state index >= 15 is 0 Å². The van der Waals surface area contributed by atoms with E-state index in [2.05, 4.69) is 0 Å². The maximum atomic E-state index is 11.6. The Morgan fingerprint density at radius 1 is 1.13 bits per heavy atom. The van der Waals surface area contributed by atoms with E-state index in [9.17, 15) is 13.2 Å². The first-order valence-electron chi connectivity index (χ1n) is 7.86. The molecule has 1 saturated carbocycles. The maximum Gasteiger partial charge on any atom is 0.305 e. The van der Waals surface area contributed by atoms with E-state index in [1.54, 1.807) is 0 Å². The Bertz CT molecular complexity index is 606. The van der Waals surface area contributed by atoms with Gasteiger partial charge in [0, 0.05) is 6.42 Å². The number of rotatable bonds is 8. The van der Waals surface area contributed by atoms with Crippen molar-refractivity contribution in [3.8, 4) is 5.75 Å². The standard InChI is InChI=1S/C16H23NO5S/c17-23(19,20)15-8-6-14(7-9-15)21-11-12-22-16(18)10-5-13-3-1-2-4-13/h6-9,13H,1-5,10-12H2,(H2,17,19,20). The van der Waals surface area contributed by atoms with E-state index in [1.165, 1.54) is 49.9 Å². The minimum atomic E-state index is -3.69. The van der Waals surface area contributed by atoms with E-state index in [0.29, 0.717) is 18.1 Å². The molecular weight excluding hydrogens is 318 g/mol. The first kappa shape index (κ1) is 17.7. The lowest BCUT2D eigenvalue weighted by Crippen LogP contribution is -2.13. The van der Waals surface area contributed by atoms with Crippen LogP contribution >= 0.6 is 0 Å². The first-order valence-corrected chi connectivity index (χ1v) is 9.41. The topological polar surface area (TPSA) is 95.7 Å². The summed E-state index contributed by atoms with van der Waals surface area (Å²) >= 11 is 0. The minimum absolute atomic E-state index is 0.0307. The molecule has 0 aliphatic heterocycles. The smallest absolute Gasteiger partial charge is 0.305 e. The fourth-order valence-electron chi connectivity index (χ4n) is 2.73. The number of benzene rings is 1. The number of hydrogen-bond acceptors (Lipinski definition) is 5. The second-order valence-corrected chi connectivity index (χ2v) is 7.34. The fraction of sp³-hybridized carbons (Fsp3) is 0.562. The largest absolute Gasteiger partial charge is 0.490 e. The highest BCUT2D eigenvalue weighted by atomic mass is 32.2. The van der Waals surface area contributed by atoms with Gasteiger partial charge in [0.2, 0.25) is 10.0 Å². The van der Waals surface area contributed by atoms with E-state index in [0.717, 1.165) is 6.42 Å². The highest BCUT2D eigenvalue weighted by Gasteiger charge is 2.16. The number of carbonyl (C=O) groups excluding carboxylic acids is 1. The summed E-state index contributed by atoms with van der Waals surface area (Å²) in [6, 6.07) is 5.78. The molecule has 0 amide bonds. The van der Waals surface area contributed by atoms with Crippen LogP contribution in [0.2, 0.25) is 0 Å². The molecule has 2 N–H and O–H groups in total. The molecule has 1 fully saturated rings. The Morgan fingerprint density at radius 3 is 2.39 bits per heavy atom. The minimum Gasteiger partial charge on any atom is -0.490 e. The molecular formula is C16H23NO5S. The van der Waals surface area contributed by atoms with Crippen LogP contribution < -0.4 is 9.88 Å². The highest BCUT2D eigenvalue weighted by Crippen LogP contribution is 2.28. The Labute approximate surface area is 137 Å². The number of hydrogen-bond donors (Lipinski definition) is 1. The molecule has 0 aromatic heterocycles. The zero-order valence-corrected chi connectivity index (χ0v) is 13.9. The van der Waals surface area contributed by atoms with Crippen LogP contribution in [-0.4, -0.2) is 27.6 Å². The van der Waals surface area contributed by atoms with E-state index in [1.807, 2.05) is 0 Å². The second kappa shape index (κ2) is 8.31. The van der Waals surface area contributed by atoms with Crippen LogP contribution in [0.15, 0.2) is 29.2 Å². The molecule has 0 saturated heterocycles. The average Bonchev–Trinajstić information content (AvgIpc) is 3.02. The summed E-state index contributed by atoms with van der Waals surface area (Å²) in [6.07, 6.45) is 6.38. The quantitative estimate of drug-likeness (QED) is 0.578. The van der Waals surface area contributed by atoms with Crippen LogP contribution in [0.1, 0.15) is 38.5 Å². The fourth-order valence-corrected chi connectivity index (χ4v) is 3.25. The van der Waals surface area contributed by atoms with E-state index < -0.39 is 10.0 Å². The molecule has 2 rings (SSSR count). The molecule has 23 heavy (non-hydrogen) atoms. The van der Waals surface area contributed by atoms with Crippen molar-refractivity contribution in [3.05, 3.63) is 24.3 Å². The average molecular weight is 341 g/mol. The number of esters is 1. The molecule has 6 nitrogen and oxygen atoms in total. The maximum absolute atomic E-state index is 11.6. The van der Waals surface area contributed by atoms with Crippen LogP contribution in [0.4, 0.5) is 0 Å². The van der Waals surface area contributed by atoms with Crippen molar-refractivity contribution in [2.24, 2.45) is 11.1 Å². The number of primary sulfonamides is 1. The molecule has 0 unspecified atom stereocenters. The van der Waals surface area contributed by atoms with Crippen LogP contribution in [0.5, 0.6) is 5.75 Å². The molecule has 1 aromatic rings. The van der Waals surface area contributed by atoms with Gasteiger partial charge in [-0.1, -0.05) is 25.7 Å². The summed E-state index contributed by atoms with van der Waals surface area (Å²) in [6.45, 7) is 0.407. The third kappa shape index (κ3) is 6.19. The summed E-state index contributed by atoms with van der Waals surface area (Å²) in [7, 11) is -3.69. The Morgan fingerprint density at radius 2 is 1.78 bits per heavy atom. The number of ether oxygens (including phenoxy) is 2. The third-order valence-corrected chi connectivity index (χ3v) is 4.93. The summed E-state index contributed by atoms with van der Waals surface area (Å²) in [5.74, 6) is 0.987. The van der Waals surface area contributed by atoms with Gasteiger partial charge in [0.25, 0.3) is 0 Å². The molecule has 1 aliphatic carbocycles. The van der Waals surface area contributed by atoms with Crippen LogP contribution in [-0.2, 0) is 19.6 Å². The van der Waals surface area contributed by atoms with Crippen molar-refractivity contribution in [1.82, 2.24) is 0 Å². The highest BCUT2D eigenvalue weighted by molar-refractivity contribution is 7.89. The summed E-state index contributed by atoms with van der Waals surface area (Å²) in [5, 5.41) is 5.01. The van der Waals surface area contributed by atoms with Gasteiger partial charge < -0.3 is 9.47 Å². The lowest BCUT2D eigenvalue weighted by Gasteiger charge is -2.10. The van der Waals surface area contributed by atoms with Gasteiger partial charge in [-0.2, -0.15) is 0 Å². The van der Waals surface area contributed by atoms with Crippen molar-refractivity contribution in [3.63, 3.8) is 0 Å². The Hall–Kier alpha value is -1.60.